The Bertz CT molecular complexity index is 437. The molecule has 0 bridgehead atoms. The highest BCUT2D eigenvalue weighted by atomic mass is 16.5. The molecule has 5 heteroatoms. The number of benzene rings is 1. The van der Waals surface area contributed by atoms with Crippen molar-refractivity contribution in [2.75, 3.05) is 32.6 Å². The van der Waals surface area contributed by atoms with Gasteiger partial charge in [-0.25, -0.2) is 0 Å². The first kappa shape index (κ1) is 17.5. The fourth-order valence-corrected chi connectivity index (χ4v) is 2.14. The maximum Gasteiger partial charge on any atom is 0.219 e. The first-order valence-electron chi connectivity index (χ1n) is 7.33. The van der Waals surface area contributed by atoms with Gasteiger partial charge in [-0.05, 0) is 37.1 Å². The molecule has 0 aliphatic heterocycles. The van der Waals surface area contributed by atoms with Crippen LogP contribution in [0.4, 0.5) is 5.69 Å². The number of carbonyl (C=O) groups excluding carboxylic acids is 1. The fourth-order valence-electron chi connectivity index (χ4n) is 2.14. The topological polar surface area (TPSA) is 67.6 Å². The van der Waals surface area contributed by atoms with Crippen molar-refractivity contribution in [3.05, 3.63) is 29.8 Å². The van der Waals surface area contributed by atoms with Gasteiger partial charge in [-0.15, -0.1) is 0 Å². The van der Waals surface area contributed by atoms with Crippen LogP contribution in [0.5, 0.6) is 0 Å². The summed E-state index contributed by atoms with van der Waals surface area (Å²) in [6.07, 6.45) is 1.94. The molecule has 3 N–H and O–H groups in total. The number of nitrogens with zero attached hydrogens (tertiary/aromatic N) is 1. The first-order valence-corrected chi connectivity index (χ1v) is 7.33. The summed E-state index contributed by atoms with van der Waals surface area (Å²) in [5.74, 6) is 0.0635. The van der Waals surface area contributed by atoms with Crippen LogP contribution < -0.4 is 11.1 Å². The van der Waals surface area contributed by atoms with E-state index in [1.807, 2.05) is 18.2 Å². The average Bonchev–Trinajstić information content (AvgIpc) is 2.45. The van der Waals surface area contributed by atoms with Gasteiger partial charge in [0.25, 0.3) is 0 Å². The standard InChI is InChI=1S/C16H27N3O2/c1-13(20)19(2)11-14-6-4-7-15(10-14)18-16(12-21-3)8-5-9-17/h4,6-7,10,16,18H,5,8-9,11-12,17H2,1-3H3. The summed E-state index contributed by atoms with van der Waals surface area (Å²) in [6, 6.07) is 8.38. The number of nitrogens with two attached hydrogens (primary N) is 1. The molecule has 21 heavy (non-hydrogen) atoms. The van der Waals surface area contributed by atoms with Crippen molar-refractivity contribution >= 4 is 11.6 Å². The molecular formula is C16H27N3O2. The van der Waals surface area contributed by atoms with Gasteiger partial charge < -0.3 is 20.7 Å². The number of amides is 1. The number of rotatable bonds is 9. The van der Waals surface area contributed by atoms with E-state index in [4.69, 9.17) is 10.5 Å². The molecule has 0 aliphatic carbocycles. The number of ether oxygens (including phenoxy) is 1. The summed E-state index contributed by atoms with van der Waals surface area (Å²) in [5, 5.41) is 3.47. The van der Waals surface area contributed by atoms with Gasteiger partial charge in [0.15, 0.2) is 0 Å². The minimum absolute atomic E-state index is 0.0635. The predicted octanol–water partition coefficient (Wildman–Crippen LogP) is 1.83. The van der Waals surface area contributed by atoms with Crippen molar-refractivity contribution < 1.29 is 9.53 Å². The fraction of sp³-hybridized carbons (Fsp3) is 0.562. The zero-order chi connectivity index (χ0) is 15.7. The molecule has 1 unspecified atom stereocenters. The monoisotopic (exact) mass is 293 g/mol. The Kier molecular flexibility index (Phi) is 7.79. The Morgan fingerprint density at radius 2 is 2.24 bits per heavy atom. The minimum atomic E-state index is 0.0635. The van der Waals surface area contributed by atoms with Crippen LogP contribution in [-0.2, 0) is 16.1 Å². The lowest BCUT2D eigenvalue weighted by Gasteiger charge is -2.20. The summed E-state index contributed by atoms with van der Waals surface area (Å²) in [7, 11) is 3.51. The van der Waals surface area contributed by atoms with Crippen LogP contribution in [0.1, 0.15) is 25.3 Å². The van der Waals surface area contributed by atoms with E-state index in [0.29, 0.717) is 19.7 Å². The lowest BCUT2D eigenvalue weighted by atomic mass is 10.1. The molecule has 118 valence electrons. The van der Waals surface area contributed by atoms with Crippen molar-refractivity contribution in [2.45, 2.75) is 32.4 Å². The molecule has 1 rings (SSSR count). The van der Waals surface area contributed by atoms with Gasteiger partial charge in [-0.2, -0.15) is 0 Å². The largest absolute Gasteiger partial charge is 0.383 e. The van der Waals surface area contributed by atoms with E-state index in [2.05, 4.69) is 11.4 Å². The zero-order valence-electron chi connectivity index (χ0n) is 13.3. The number of nitrogens with one attached hydrogen (secondary N) is 1. The number of carbonyl (C=O) groups is 1. The number of hydrogen-bond acceptors (Lipinski definition) is 4. The van der Waals surface area contributed by atoms with Gasteiger partial charge in [-0.1, -0.05) is 12.1 Å². The molecular weight excluding hydrogens is 266 g/mol. The van der Waals surface area contributed by atoms with Crippen LogP contribution in [0.25, 0.3) is 0 Å². The molecule has 5 nitrogen and oxygen atoms in total. The third kappa shape index (κ3) is 6.60. The molecule has 0 saturated carbocycles. The summed E-state index contributed by atoms with van der Waals surface area (Å²) in [5.41, 5.74) is 7.72. The van der Waals surface area contributed by atoms with Crippen LogP contribution in [0.3, 0.4) is 0 Å². The van der Waals surface area contributed by atoms with Crippen molar-refractivity contribution in [3.63, 3.8) is 0 Å². The van der Waals surface area contributed by atoms with E-state index in [0.717, 1.165) is 24.1 Å². The molecule has 0 radical (unpaired) electrons. The molecule has 1 amide bonds. The minimum Gasteiger partial charge on any atom is -0.383 e. The van der Waals surface area contributed by atoms with Gasteiger partial charge >= 0.3 is 0 Å². The van der Waals surface area contributed by atoms with E-state index in [-0.39, 0.29) is 11.9 Å². The zero-order valence-corrected chi connectivity index (χ0v) is 13.3. The first-order chi connectivity index (χ1) is 10.1. The SMILES string of the molecule is COCC(CCCN)Nc1cccc(CN(C)C(C)=O)c1. The molecule has 0 fully saturated rings. The molecule has 0 aromatic heterocycles. The van der Waals surface area contributed by atoms with Gasteiger partial charge in [0.05, 0.1) is 6.61 Å². The molecule has 1 atom stereocenters. The summed E-state index contributed by atoms with van der Waals surface area (Å²) < 4.78 is 5.24. The summed E-state index contributed by atoms with van der Waals surface area (Å²) in [6.45, 7) is 3.52. The second-order valence-corrected chi connectivity index (χ2v) is 5.30. The molecule has 1 aromatic carbocycles. The highest BCUT2D eigenvalue weighted by Gasteiger charge is 2.09. The van der Waals surface area contributed by atoms with Gasteiger partial charge in [-0.3, -0.25) is 4.79 Å². The second kappa shape index (κ2) is 9.37. The lowest BCUT2D eigenvalue weighted by Crippen LogP contribution is -2.26. The third-order valence-electron chi connectivity index (χ3n) is 3.38. The molecule has 0 saturated heterocycles. The van der Waals surface area contributed by atoms with Gasteiger partial charge in [0.2, 0.25) is 5.91 Å². The van der Waals surface area contributed by atoms with Gasteiger partial charge in [0.1, 0.15) is 0 Å². The maximum absolute atomic E-state index is 11.3. The maximum atomic E-state index is 11.3. The van der Waals surface area contributed by atoms with E-state index in [1.165, 1.54) is 0 Å². The molecule has 0 aliphatic rings. The van der Waals surface area contributed by atoms with E-state index < -0.39 is 0 Å². The normalized spacial score (nSPS) is 12.0. The van der Waals surface area contributed by atoms with Crippen LogP contribution in [0, 0.1) is 0 Å². The highest BCUT2D eigenvalue weighted by Crippen LogP contribution is 2.15. The van der Waals surface area contributed by atoms with Crippen LogP contribution in [-0.4, -0.2) is 44.2 Å². The Balaban J connectivity index is 2.67. The second-order valence-electron chi connectivity index (χ2n) is 5.30. The Labute approximate surface area is 127 Å². The van der Waals surface area contributed by atoms with Crippen molar-refractivity contribution in [1.29, 1.82) is 0 Å². The Morgan fingerprint density at radius 3 is 2.86 bits per heavy atom. The molecule has 0 heterocycles. The summed E-state index contributed by atoms with van der Waals surface area (Å²) >= 11 is 0. The number of hydrogen-bond donors (Lipinski definition) is 2. The number of anilines is 1. The molecule has 1 aromatic rings. The van der Waals surface area contributed by atoms with Crippen molar-refractivity contribution in [1.82, 2.24) is 4.90 Å². The Hall–Kier alpha value is -1.59. The van der Waals surface area contributed by atoms with Crippen molar-refractivity contribution in [3.8, 4) is 0 Å². The van der Waals surface area contributed by atoms with E-state index in [9.17, 15) is 4.79 Å². The van der Waals surface area contributed by atoms with Crippen LogP contribution in [0.2, 0.25) is 0 Å². The number of methoxy groups -OCH3 is 1. The van der Waals surface area contributed by atoms with Crippen LogP contribution in [0.15, 0.2) is 24.3 Å². The van der Waals surface area contributed by atoms with Crippen LogP contribution >= 0.6 is 0 Å². The lowest BCUT2D eigenvalue weighted by molar-refractivity contribution is -0.128. The average molecular weight is 293 g/mol. The van der Waals surface area contributed by atoms with Crippen molar-refractivity contribution in [2.24, 2.45) is 5.73 Å². The quantitative estimate of drug-likeness (QED) is 0.729. The molecule has 0 spiro atoms. The van der Waals surface area contributed by atoms with E-state index in [1.54, 1.807) is 26.0 Å². The predicted molar refractivity (Wildman–Crippen MR) is 86.2 cm³/mol. The van der Waals surface area contributed by atoms with Gasteiger partial charge in [0, 0.05) is 39.4 Å². The third-order valence-corrected chi connectivity index (χ3v) is 3.38. The summed E-state index contributed by atoms with van der Waals surface area (Å²) in [4.78, 5) is 13.0. The smallest absolute Gasteiger partial charge is 0.219 e. The highest BCUT2D eigenvalue weighted by molar-refractivity contribution is 5.72. The van der Waals surface area contributed by atoms with E-state index >= 15 is 0 Å². The Morgan fingerprint density at radius 1 is 1.48 bits per heavy atom.